The third-order valence-corrected chi connectivity index (χ3v) is 4.12. The second-order valence-electron chi connectivity index (χ2n) is 6.22. The molecule has 0 unspecified atom stereocenters. The van der Waals surface area contributed by atoms with Crippen molar-refractivity contribution in [2.75, 3.05) is 31.1 Å². The van der Waals surface area contributed by atoms with Crippen LogP contribution in [-0.4, -0.2) is 42.9 Å². The molecule has 0 aliphatic carbocycles. The van der Waals surface area contributed by atoms with Gasteiger partial charge in [0.25, 0.3) is 0 Å². The third kappa shape index (κ3) is 5.32. The minimum atomic E-state index is -0.462. The number of carbonyl (C=O) groups is 2. The summed E-state index contributed by atoms with van der Waals surface area (Å²) in [4.78, 5) is 27.4. The first-order valence-electron chi connectivity index (χ1n) is 8.02. The van der Waals surface area contributed by atoms with Crippen LogP contribution >= 0.6 is 0 Å². The van der Waals surface area contributed by atoms with Gasteiger partial charge in [0.05, 0.1) is 6.54 Å². The molecule has 0 saturated carbocycles. The first-order chi connectivity index (χ1) is 11.0. The van der Waals surface area contributed by atoms with Crippen LogP contribution in [0.4, 0.5) is 10.1 Å². The fourth-order valence-corrected chi connectivity index (χ4v) is 2.95. The molecule has 6 heteroatoms. The number of nitrogens with zero attached hydrogens (tertiary/aromatic N) is 2. The van der Waals surface area contributed by atoms with E-state index in [2.05, 4.69) is 11.8 Å². The number of hydrogen-bond acceptors (Lipinski definition) is 3. The summed E-state index contributed by atoms with van der Waals surface area (Å²) in [5, 5.41) is 0. The van der Waals surface area contributed by atoms with Gasteiger partial charge in [0.1, 0.15) is 5.82 Å². The SMILES string of the molecule is C[C@@H]1CCCN(CC(=O)N(CCC(N)=O)c2ccc(F)cc2)C1. The van der Waals surface area contributed by atoms with E-state index in [0.717, 1.165) is 19.5 Å². The Morgan fingerprint density at radius 2 is 2.04 bits per heavy atom. The number of halogens is 1. The van der Waals surface area contributed by atoms with Crippen molar-refractivity contribution in [1.29, 1.82) is 0 Å². The quantitative estimate of drug-likeness (QED) is 0.868. The van der Waals surface area contributed by atoms with Gasteiger partial charge in [-0.1, -0.05) is 6.92 Å². The fraction of sp³-hybridized carbons (Fsp3) is 0.529. The minimum absolute atomic E-state index is 0.0829. The van der Waals surface area contributed by atoms with Crippen LogP contribution in [0.3, 0.4) is 0 Å². The lowest BCUT2D eigenvalue weighted by atomic mass is 10.0. The number of amides is 2. The molecular formula is C17H24FN3O2. The van der Waals surface area contributed by atoms with Gasteiger partial charge in [0, 0.05) is 25.2 Å². The van der Waals surface area contributed by atoms with Crippen LogP contribution < -0.4 is 10.6 Å². The Morgan fingerprint density at radius 1 is 1.35 bits per heavy atom. The van der Waals surface area contributed by atoms with E-state index in [4.69, 9.17) is 5.73 Å². The van der Waals surface area contributed by atoms with Gasteiger partial charge in [-0.2, -0.15) is 0 Å². The van der Waals surface area contributed by atoms with Crippen molar-refractivity contribution in [3.8, 4) is 0 Å². The average molecular weight is 321 g/mol. The number of likely N-dealkylation sites (tertiary alicyclic amines) is 1. The minimum Gasteiger partial charge on any atom is -0.370 e. The van der Waals surface area contributed by atoms with Gasteiger partial charge in [-0.3, -0.25) is 14.5 Å². The van der Waals surface area contributed by atoms with Crippen molar-refractivity contribution < 1.29 is 14.0 Å². The maximum absolute atomic E-state index is 13.1. The molecule has 23 heavy (non-hydrogen) atoms. The zero-order valence-corrected chi connectivity index (χ0v) is 13.5. The van der Waals surface area contributed by atoms with E-state index < -0.39 is 5.91 Å². The summed E-state index contributed by atoms with van der Waals surface area (Å²) >= 11 is 0. The van der Waals surface area contributed by atoms with Crippen LogP contribution in [0.25, 0.3) is 0 Å². The van der Waals surface area contributed by atoms with Crippen LogP contribution in [0.1, 0.15) is 26.2 Å². The highest BCUT2D eigenvalue weighted by atomic mass is 19.1. The molecule has 1 aromatic carbocycles. The predicted molar refractivity (Wildman–Crippen MR) is 87.4 cm³/mol. The lowest BCUT2D eigenvalue weighted by Crippen LogP contribution is -2.44. The van der Waals surface area contributed by atoms with Gasteiger partial charge in [-0.05, 0) is 49.6 Å². The first-order valence-corrected chi connectivity index (χ1v) is 8.02. The van der Waals surface area contributed by atoms with Crippen molar-refractivity contribution in [2.24, 2.45) is 11.7 Å². The highest BCUT2D eigenvalue weighted by Gasteiger charge is 2.23. The monoisotopic (exact) mass is 321 g/mol. The molecule has 2 amide bonds. The van der Waals surface area contributed by atoms with Crippen molar-refractivity contribution in [1.82, 2.24) is 4.90 Å². The summed E-state index contributed by atoms with van der Waals surface area (Å²) in [6.07, 6.45) is 2.36. The standard InChI is InChI=1S/C17H24FN3O2/c1-13-3-2-9-20(11-13)12-17(23)21(10-8-16(19)22)15-6-4-14(18)5-7-15/h4-7,13H,2-3,8-12H2,1H3,(H2,19,22)/t13-/m1/s1. The number of anilines is 1. The second kappa shape index (κ2) is 8.06. The number of piperidine rings is 1. The topological polar surface area (TPSA) is 66.6 Å². The summed E-state index contributed by atoms with van der Waals surface area (Å²) in [5.74, 6) is -0.328. The maximum Gasteiger partial charge on any atom is 0.241 e. The molecule has 0 spiro atoms. The zero-order valence-electron chi connectivity index (χ0n) is 13.5. The average Bonchev–Trinajstić information content (AvgIpc) is 2.49. The Hall–Kier alpha value is -1.95. The van der Waals surface area contributed by atoms with Gasteiger partial charge >= 0.3 is 0 Å². The molecule has 1 atom stereocenters. The van der Waals surface area contributed by atoms with Crippen LogP contribution in [0, 0.1) is 11.7 Å². The van der Waals surface area contributed by atoms with Gasteiger partial charge in [0.2, 0.25) is 11.8 Å². The second-order valence-corrected chi connectivity index (χ2v) is 6.22. The molecule has 126 valence electrons. The number of hydrogen-bond donors (Lipinski definition) is 1. The van der Waals surface area contributed by atoms with E-state index >= 15 is 0 Å². The number of benzene rings is 1. The molecule has 5 nitrogen and oxygen atoms in total. The maximum atomic E-state index is 13.1. The van der Waals surface area contributed by atoms with E-state index in [9.17, 15) is 14.0 Å². The van der Waals surface area contributed by atoms with E-state index in [0.29, 0.717) is 18.2 Å². The number of rotatable bonds is 6. The molecular weight excluding hydrogens is 297 g/mol. The summed E-state index contributed by atoms with van der Waals surface area (Å²) in [5.41, 5.74) is 5.78. The Kier molecular flexibility index (Phi) is 6.10. The molecule has 2 N–H and O–H groups in total. The molecule has 1 aromatic rings. The Bertz CT molecular complexity index is 547. The predicted octanol–water partition coefficient (Wildman–Crippen LogP) is 1.77. The molecule has 0 bridgehead atoms. The van der Waals surface area contributed by atoms with Crippen LogP contribution in [0.2, 0.25) is 0 Å². The Morgan fingerprint density at radius 3 is 2.65 bits per heavy atom. The smallest absolute Gasteiger partial charge is 0.241 e. The summed E-state index contributed by atoms with van der Waals surface area (Å²) in [7, 11) is 0. The van der Waals surface area contributed by atoms with Crippen molar-refractivity contribution in [3.63, 3.8) is 0 Å². The number of primary amides is 1. The fourth-order valence-electron chi connectivity index (χ4n) is 2.95. The van der Waals surface area contributed by atoms with E-state index in [1.54, 1.807) is 12.1 Å². The van der Waals surface area contributed by atoms with Gasteiger partial charge in [-0.25, -0.2) is 4.39 Å². The van der Waals surface area contributed by atoms with Crippen molar-refractivity contribution in [3.05, 3.63) is 30.1 Å². The molecule has 0 aromatic heterocycles. The van der Waals surface area contributed by atoms with Crippen LogP contribution in [0.15, 0.2) is 24.3 Å². The lowest BCUT2D eigenvalue weighted by molar-refractivity contribution is -0.120. The summed E-state index contributed by atoms with van der Waals surface area (Å²) in [6.45, 7) is 4.51. The lowest BCUT2D eigenvalue weighted by Gasteiger charge is -2.32. The van der Waals surface area contributed by atoms with Crippen LogP contribution in [0.5, 0.6) is 0 Å². The normalized spacial score (nSPS) is 18.6. The Balaban J connectivity index is 2.07. The van der Waals surface area contributed by atoms with Gasteiger partial charge < -0.3 is 10.6 Å². The summed E-state index contributed by atoms with van der Waals surface area (Å²) in [6, 6.07) is 5.71. The number of nitrogens with two attached hydrogens (primary N) is 1. The zero-order chi connectivity index (χ0) is 16.8. The molecule has 2 rings (SSSR count). The molecule has 1 saturated heterocycles. The van der Waals surface area contributed by atoms with Crippen molar-refractivity contribution in [2.45, 2.75) is 26.2 Å². The molecule has 1 aliphatic heterocycles. The highest BCUT2D eigenvalue weighted by molar-refractivity contribution is 5.95. The number of carbonyl (C=O) groups excluding carboxylic acids is 2. The van der Waals surface area contributed by atoms with Crippen molar-refractivity contribution >= 4 is 17.5 Å². The molecule has 1 fully saturated rings. The molecule has 1 aliphatic rings. The first kappa shape index (κ1) is 17.4. The Labute approximate surface area is 136 Å². The molecule has 1 heterocycles. The highest BCUT2D eigenvalue weighted by Crippen LogP contribution is 2.18. The van der Waals surface area contributed by atoms with E-state index in [-0.39, 0.29) is 24.7 Å². The van der Waals surface area contributed by atoms with Crippen LogP contribution in [-0.2, 0) is 9.59 Å². The largest absolute Gasteiger partial charge is 0.370 e. The van der Waals surface area contributed by atoms with Gasteiger partial charge in [-0.15, -0.1) is 0 Å². The van der Waals surface area contributed by atoms with E-state index in [1.807, 2.05) is 0 Å². The van der Waals surface area contributed by atoms with Gasteiger partial charge in [0.15, 0.2) is 0 Å². The summed E-state index contributed by atoms with van der Waals surface area (Å²) < 4.78 is 13.1. The third-order valence-electron chi connectivity index (χ3n) is 4.12. The van der Waals surface area contributed by atoms with E-state index in [1.165, 1.54) is 23.5 Å². The molecule has 0 radical (unpaired) electrons.